The lowest BCUT2D eigenvalue weighted by atomic mass is 9.68. The monoisotopic (exact) mass is 427 g/mol. The average molecular weight is 428 g/mol. The number of ketones is 1. The van der Waals surface area contributed by atoms with E-state index in [-0.39, 0.29) is 17.3 Å². The summed E-state index contributed by atoms with van der Waals surface area (Å²) in [4.78, 5) is 26.4. The summed E-state index contributed by atoms with van der Waals surface area (Å²) in [5, 5.41) is 3.35. The van der Waals surface area contributed by atoms with Crippen molar-refractivity contribution in [2.24, 2.45) is 5.41 Å². The molecular weight excluding hydrogens is 394 g/mol. The molecule has 0 saturated heterocycles. The Kier molecular flexibility index (Phi) is 6.48. The largest absolute Gasteiger partial charge is 0.493 e. The number of carbonyl (C=O) groups excluding carboxylic acids is 2. The third kappa shape index (κ3) is 4.63. The van der Waals surface area contributed by atoms with E-state index in [1.165, 1.54) is 0 Å². The number of esters is 1. The fraction of sp³-hybridized carbons (Fsp3) is 0.520. The lowest BCUT2D eigenvalue weighted by molar-refractivity contribution is -0.143. The highest BCUT2D eigenvalue weighted by molar-refractivity contribution is 6.04. The van der Waals surface area contributed by atoms with Crippen LogP contribution in [0.15, 0.2) is 40.7 Å². The SMILES string of the molecule is CCOc1ccc(C2C(C(=O)OC(C)C)=C(C)NC3=C2C(=O)CC(C)(C)C3)cc1OC. The van der Waals surface area contributed by atoms with E-state index in [2.05, 4.69) is 19.2 Å². The lowest BCUT2D eigenvalue weighted by Gasteiger charge is -2.39. The molecule has 1 aliphatic heterocycles. The quantitative estimate of drug-likeness (QED) is 0.666. The van der Waals surface area contributed by atoms with Gasteiger partial charge in [0.25, 0.3) is 0 Å². The highest BCUT2D eigenvalue weighted by atomic mass is 16.5. The zero-order valence-electron chi connectivity index (χ0n) is 19.5. The average Bonchev–Trinajstić information content (AvgIpc) is 2.65. The van der Waals surface area contributed by atoms with Gasteiger partial charge in [-0.15, -0.1) is 0 Å². The first kappa shape index (κ1) is 22.9. The Hall–Kier alpha value is -2.76. The van der Waals surface area contributed by atoms with E-state index >= 15 is 0 Å². The summed E-state index contributed by atoms with van der Waals surface area (Å²) in [7, 11) is 1.58. The van der Waals surface area contributed by atoms with Crippen LogP contribution in [0.3, 0.4) is 0 Å². The van der Waals surface area contributed by atoms with Crippen LogP contribution in [0.25, 0.3) is 0 Å². The first-order chi connectivity index (χ1) is 14.6. The zero-order valence-corrected chi connectivity index (χ0v) is 19.5. The fourth-order valence-corrected chi connectivity index (χ4v) is 4.46. The second kappa shape index (κ2) is 8.77. The summed E-state index contributed by atoms with van der Waals surface area (Å²) in [5.41, 5.74) is 3.38. The Bertz CT molecular complexity index is 955. The van der Waals surface area contributed by atoms with Crippen LogP contribution in [0.2, 0.25) is 0 Å². The number of Topliss-reactive ketones (excluding diaryl/α,β-unsaturated/α-hetero) is 1. The number of carbonyl (C=O) groups is 2. The van der Waals surface area contributed by atoms with E-state index in [9.17, 15) is 9.59 Å². The molecule has 0 spiro atoms. The van der Waals surface area contributed by atoms with Crippen molar-refractivity contribution in [2.45, 2.75) is 66.4 Å². The normalized spacial score (nSPS) is 20.4. The molecule has 1 aromatic carbocycles. The molecule has 1 aromatic rings. The van der Waals surface area contributed by atoms with Crippen molar-refractivity contribution in [2.75, 3.05) is 13.7 Å². The first-order valence-electron chi connectivity index (χ1n) is 10.8. The molecule has 0 amide bonds. The predicted molar refractivity (Wildman–Crippen MR) is 119 cm³/mol. The minimum absolute atomic E-state index is 0.0546. The number of dihydropyridines is 1. The van der Waals surface area contributed by atoms with Crippen molar-refractivity contribution in [1.82, 2.24) is 5.32 Å². The van der Waals surface area contributed by atoms with Gasteiger partial charge in [0.15, 0.2) is 17.3 Å². The summed E-state index contributed by atoms with van der Waals surface area (Å²) in [6, 6.07) is 5.59. The highest BCUT2D eigenvalue weighted by Gasteiger charge is 2.43. The highest BCUT2D eigenvalue weighted by Crippen LogP contribution is 2.47. The molecule has 31 heavy (non-hydrogen) atoms. The van der Waals surface area contributed by atoms with Crippen LogP contribution in [0.4, 0.5) is 0 Å². The van der Waals surface area contributed by atoms with Crippen molar-refractivity contribution in [3.63, 3.8) is 0 Å². The van der Waals surface area contributed by atoms with Crippen LogP contribution < -0.4 is 14.8 Å². The summed E-state index contributed by atoms with van der Waals surface area (Å²) < 4.78 is 16.8. The van der Waals surface area contributed by atoms with Gasteiger partial charge in [0.1, 0.15) is 0 Å². The van der Waals surface area contributed by atoms with Gasteiger partial charge in [-0.25, -0.2) is 4.79 Å². The van der Waals surface area contributed by atoms with E-state index in [1.54, 1.807) is 7.11 Å². The number of methoxy groups -OCH3 is 1. The standard InChI is InChI=1S/C25H33NO5/c1-8-30-19-10-9-16(11-20(19)29-7)22-21(24(28)31-14(2)3)15(4)26-17-12-25(5,6)13-18(27)23(17)22/h9-11,14,22,26H,8,12-13H2,1-7H3. The van der Waals surface area contributed by atoms with E-state index < -0.39 is 11.9 Å². The zero-order chi connectivity index (χ0) is 22.9. The van der Waals surface area contributed by atoms with Crippen LogP contribution in [-0.2, 0) is 14.3 Å². The summed E-state index contributed by atoms with van der Waals surface area (Å²) >= 11 is 0. The maximum atomic E-state index is 13.3. The molecule has 1 aliphatic carbocycles. The third-order valence-electron chi connectivity index (χ3n) is 5.62. The Morgan fingerprint density at radius 1 is 1.23 bits per heavy atom. The Morgan fingerprint density at radius 2 is 1.94 bits per heavy atom. The molecule has 3 rings (SSSR count). The van der Waals surface area contributed by atoms with Gasteiger partial charge in [-0.1, -0.05) is 19.9 Å². The predicted octanol–water partition coefficient (Wildman–Crippen LogP) is 4.65. The summed E-state index contributed by atoms with van der Waals surface area (Å²) in [5.74, 6) is 0.314. The molecule has 1 unspecified atom stereocenters. The van der Waals surface area contributed by atoms with Crippen molar-refractivity contribution in [1.29, 1.82) is 0 Å². The first-order valence-corrected chi connectivity index (χ1v) is 10.8. The number of hydrogen-bond donors (Lipinski definition) is 1. The third-order valence-corrected chi connectivity index (χ3v) is 5.62. The molecule has 0 bridgehead atoms. The second-order valence-corrected chi connectivity index (χ2v) is 9.23. The molecule has 168 valence electrons. The van der Waals surface area contributed by atoms with Gasteiger partial charge in [0.2, 0.25) is 0 Å². The molecule has 2 aliphatic rings. The number of hydrogen-bond acceptors (Lipinski definition) is 6. The van der Waals surface area contributed by atoms with Crippen molar-refractivity contribution < 1.29 is 23.8 Å². The van der Waals surface area contributed by atoms with Crippen LogP contribution in [0.5, 0.6) is 11.5 Å². The second-order valence-electron chi connectivity index (χ2n) is 9.23. The van der Waals surface area contributed by atoms with Gasteiger partial charge in [0.05, 0.1) is 25.4 Å². The van der Waals surface area contributed by atoms with Crippen LogP contribution >= 0.6 is 0 Å². The Balaban J connectivity index is 2.18. The molecule has 1 heterocycles. The van der Waals surface area contributed by atoms with E-state index in [0.29, 0.717) is 41.4 Å². The molecular formula is C25H33NO5. The summed E-state index contributed by atoms with van der Waals surface area (Å²) in [6.07, 6.45) is 0.909. The molecule has 0 saturated carbocycles. The Labute approximate surface area is 184 Å². The van der Waals surface area contributed by atoms with Crippen LogP contribution in [0, 0.1) is 5.41 Å². The maximum absolute atomic E-state index is 13.3. The Morgan fingerprint density at radius 3 is 2.55 bits per heavy atom. The molecule has 0 aromatic heterocycles. The van der Waals surface area contributed by atoms with Gasteiger partial charge in [0, 0.05) is 29.3 Å². The minimum atomic E-state index is -0.518. The number of allylic oxidation sites excluding steroid dienone is 3. The molecule has 1 atom stereocenters. The van der Waals surface area contributed by atoms with E-state index in [4.69, 9.17) is 14.2 Å². The molecule has 0 fully saturated rings. The number of ether oxygens (including phenoxy) is 3. The van der Waals surface area contributed by atoms with Crippen molar-refractivity contribution in [3.05, 3.63) is 46.3 Å². The molecule has 6 heteroatoms. The maximum Gasteiger partial charge on any atom is 0.337 e. The number of benzene rings is 1. The van der Waals surface area contributed by atoms with Crippen LogP contribution in [0.1, 0.15) is 65.9 Å². The van der Waals surface area contributed by atoms with Gasteiger partial charge in [-0.05, 0) is 57.2 Å². The topological polar surface area (TPSA) is 73.9 Å². The van der Waals surface area contributed by atoms with Crippen LogP contribution in [-0.4, -0.2) is 31.6 Å². The van der Waals surface area contributed by atoms with Gasteiger partial charge in [-0.2, -0.15) is 0 Å². The number of rotatable bonds is 6. The molecule has 0 radical (unpaired) electrons. The minimum Gasteiger partial charge on any atom is -0.493 e. The lowest BCUT2D eigenvalue weighted by Crippen LogP contribution is -2.39. The smallest absolute Gasteiger partial charge is 0.337 e. The van der Waals surface area contributed by atoms with Crippen molar-refractivity contribution in [3.8, 4) is 11.5 Å². The van der Waals surface area contributed by atoms with Gasteiger partial charge in [-0.3, -0.25) is 4.79 Å². The van der Waals surface area contributed by atoms with Gasteiger partial charge >= 0.3 is 5.97 Å². The van der Waals surface area contributed by atoms with E-state index in [1.807, 2.05) is 45.9 Å². The molecule has 1 N–H and O–H groups in total. The van der Waals surface area contributed by atoms with Crippen molar-refractivity contribution >= 4 is 11.8 Å². The summed E-state index contributed by atoms with van der Waals surface area (Å²) in [6.45, 7) is 12.1. The molecule has 6 nitrogen and oxygen atoms in total. The van der Waals surface area contributed by atoms with E-state index in [0.717, 1.165) is 17.7 Å². The van der Waals surface area contributed by atoms with Gasteiger partial charge < -0.3 is 19.5 Å². The number of nitrogens with one attached hydrogen (secondary N) is 1. The fourth-order valence-electron chi connectivity index (χ4n) is 4.46.